The summed E-state index contributed by atoms with van der Waals surface area (Å²) < 4.78 is 4.93. The second-order valence-electron chi connectivity index (χ2n) is 4.15. The number of ether oxygens (including phenoxy) is 1. The van der Waals surface area contributed by atoms with E-state index in [0.29, 0.717) is 5.75 Å². The Kier molecular flexibility index (Phi) is 5.20. The zero-order valence-corrected chi connectivity index (χ0v) is 10.5. The summed E-state index contributed by atoms with van der Waals surface area (Å²) in [4.78, 5) is 32.5. The molecule has 6 nitrogen and oxygen atoms in total. The number of hydrogen-bond donors (Lipinski definition) is 2. The van der Waals surface area contributed by atoms with E-state index in [2.05, 4.69) is 0 Å². The maximum atomic E-state index is 11.2. The number of rotatable bonds is 6. The summed E-state index contributed by atoms with van der Waals surface area (Å²) in [6.07, 6.45) is -0.0807. The lowest BCUT2D eigenvalue weighted by Gasteiger charge is -2.07. The molecule has 1 aromatic carbocycles. The molecule has 1 aromatic rings. The molecule has 0 aliphatic heterocycles. The van der Waals surface area contributed by atoms with Gasteiger partial charge in [0.1, 0.15) is 24.0 Å². The van der Waals surface area contributed by atoms with Crippen LogP contribution in [0.15, 0.2) is 24.3 Å². The summed E-state index contributed by atoms with van der Waals surface area (Å²) in [7, 11) is 0. The minimum Gasteiger partial charge on any atom is -0.480 e. The fraction of sp³-hybridized carbons (Fsp3) is 0.308. The minimum atomic E-state index is -1.07. The Morgan fingerprint density at radius 2 is 1.84 bits per heavy atom. The Hall–Kier alpha value is -2.21. The van der Waals surface area contributed by atoms with Gasteiger partial charge in [-0.2, -0.15) is 0 Å². The van der Waals surface area contributed by atoms with Gasteiger partial charge in [0, 0.05) is 0 Å². The lowest BCUT2D eigenvalue weighted by molar-refractivity contribution is -0.139. The zero-order valence-electron chi connectivity index (χ0n) is 10.5. The molecule has 0 aromatic heterocycles. The maximum absolute atomic E-state index is 11.2. The van der Waals surface area contributed by atoms with Gasteiger partial charge in [0.25, 0.3) is 0 Å². The van der Waals surface area contributed by atoms with Crippen LogP contribution in [0.1, 0.15) is 18.9 Å². The molecule has 1 atom stereocenters. The van der Waals surface area contributed by atoms with E-state index in [-0.39, 0.29) is 18.6 Å². The average molecular weight is 265 g/mol. The van der Waals surface area contributed by atoms with Gasteiger partial charge >= 0.3 is 11.9 Å². The number of aliphatic carboxylic acids is 1. The van der Waals surface area contributed by atoms with Crippen LogP contribution in [0.4, 0.5) is 0 Å². The summed E-state index contributed by atoms with van der Waals surface area (Å²) in [6, 6.07) is 5.34. The Morgan fingerprint density at radius 3 is 2.32 bits per heavy atom. The van der Waals surface area contributed by atoms with E-state index in [4.69, 9.17) is 15.6 Å². The van der Waals surface area contributed by atoms with E-state index in [9.17, 15) is 14.4 Å². The molecule has 0 radical (unpaired) electrons. The van der Waals surface area contributed by atoms with Gasteiger partial charge in [-0.1, -0.05) is 12.1 Å². The molecule has 6 heteroatoms. The summed E-state index contributed by atoms with van der Waals surface area (Å²) in [5, 5.41) is 8.67. The van der Waals surface area contributed by atoms with Crippen LogP contribution in [-0.4, -0.2) is 28.9 Å². The normalized spacial score (nSPS) is 11.7. The summed E-state index contributed by atoms with van der Waals surface area (Å²) in [5.41, 5.74) is 6.12. The predicted molar refractivity (Wildman–Crippen MR) is 66.7 cm³/mol. The third-order valence-corrected chi connectivity index (χ3v) is 2.32. The molecular weight excluding hydrogens is 250 g/mol. The van der Waals surface area contributed by atoms with Crippen LogP contribution < -0.4 is 10.5 Å². The largest absolute Gasteiger partial charge is 0.480 e. The predicted octanol–water partition coefficient (Wildman–Crippen LogP) is 0.525. The second-order valence-corrected chi connectivity index (χ2v) is 4.15. The highest BCUT2D eigenvalue weighted by Gasteiger charge is 2.12. The highest BCUT2D eigenvalue weighted by molar-refractivity contribution is 5.94. The van der Waals surface area contributed by atoms with Gasteiger partial charge in [-0.25, -0.2) is 0 Å². The van der Waals surface area contributed by atoms with E-state index in [1.54, 1.807) is 12.1 Å². The van der Waals surface area contributed by atoms with E-state index < -0.39 is 18.0 Å². The maximum Gasteiger partial charge on any atom is 0.320 e. The van der Waals surface area contributed by atoms with Crippen molar-refractivity contribution in [3.8, 4) is 5.75 Å². The molecule has 19 heavy (non-hydrogen) atoms. The molecule has 0 fully saturated rings. The van der Waals surface area contributed by atoms with Crippen LogP contribution in [0, 0.1) is 0 Å². The van der Waals surface area contributed by atoms with Gasteiger partial charge < -0.3 is 15.6 Å². The van der Waals surface area contributed by atoms with E-state index in [1.807, 2.05) is 0 Å². The highest BCUT2D eigenvalue weighted by atomic mass is 16.5. The van der Waals surface area contributed by atoms with Crippen molar-refractivity contribution in [2.45, 2.75) is 25.8 Å². The van der Waals surface area contributed by atoms with Crippen LogP contribution in [-0.2, 0) is 20.8 Å². The number of ketones is 1. The Balaban J connectivity index is 2.59. The fourth-order valence-electron chi connectivity index (χ4n) is 1.41. The number of carboxylic acids is 1. The zero-order chi connectivity index (χ0) is 14.4. The molecule has 0 saturated heterocycles. The van der Waals surface area contributed by atoms with Crippen molar-refractivity contribution < 1.29 is 24.2 Å². The third-order valence-electron chi connectivity index (χ3n) is 2.32. The number of Topliss-reactive ketones (excluding diaryl/α,β-unsaturated/α-hetero) is 1. The number of nitrogens with two attached hydrogens (primary N) is 1. The monoisotopic (exact) mass is 265 g/mol. The summed E-state index contributed by atoms with van der Waals surface area (Å²) >= 11 is 0. The van der Waals surface area contributed by atoms with Crippen molar-refractivity contribution in [3.63, 3.8) is 0 Å². The van der Waals surface area contributed by atoms with Crippen molar-refractivity contribution in [3.05, 3.63) is 29.8 Å². The summed E-state index contributed by atoms with van der Waals surface area (Å²) in [6.45, 7) is 1.30. The van der Waals surface area contributed by atoms with Gasteiger partial charge in [0.2, 0.25) is 0 Å². The molecule has 0 aliphatic carbocycles. The Labute approximate surface area is 110 Å². The smallest absolute Gasteiger partial charge is 0.320 e. The molecule has 0 unspecified atom stereocenters. The van der Waals surface area contributed by atoms with Gasteiger partial charge in [-0.3, -0.25) is 14.4 Å². The molecule has 102 valence electrons. The molecule has 0 aliphatic rings. The van der Waals surface area contributed by atoms with E-state index >= 15 is 0 Å². The third kappa shape index (κ3) is 5.31. The second kappa shape index (κ2) is 6.65. The molecule has 0 amide bonds. The Bertz CT molecular complexity index is 480. The van der Waals surface area contributed by atoms with Crippen LogP contribution in [0.3, 0.4) is 0 Å². The average Bonchev–Trinajstić information content (AvgIpc) is 2.30. The van der Waals surface area contributed by atoms with Crippen LogP contribution in [0.2, 0.25) is 0 Å². The van der Waals surface area contributed by atoms with Gasteiger partial charge in [0.15, 0.2) is 0 Å². The van der Waals surface area contributed by atoms with Crippen molar-refractivity contribution in [2.24, 2.45) is 5.73 Å². The molecule has 0 heterocycles. The fourth-order valence-corrected chi connectivity index (χ4v) is 1.41. The van der Waals surface area contributed by atoms with E-state index in [1.165, 1.54) is 19.1 Å². The molecule has 0 saturated carbocycles. The van der Waals surface area contributed by atoms with Gasteiger partial charge in [-0.15, -0.1) is 0 Å². The molecule has 1 rings (SSSR count). The Morgan fingerprint density at radius 1 is 1.26 bits per heavy atom. The number of carbonyl (C=O) groups is 3. The number of hydrogen-bond acceptors (Lipinski definition) is 5. The first-order valence-corrected chi connectivity index (χ1v) is 5.66. The summed E-state index contributed by atoms with van der Waals surface area (Å²) in [5.74, 6) is -1.66. The molecule has 3 N–H and O–H groups in total. The topological polar surface area (TPSA) is 107 Å². The first kappa shape index (κ1) is 14.8. The first-order chi connectivity index (χ1) is 8.88. The van der Waals surface area contributed by atoms with Crippen LogP contribution in [0.5, 0.6) is 5.75 Å². The van der Waals surface area contributed by atoms with E-state index in [0.717, 1.165) is 5.56 Å². The van der Waals surface area contributed by atoms with Gasteiger partial charge in [-0.05, 0) is 31.0 Å². The number of esters is 1. The standard InChI is InChI=1S/C13H15NO5/c1-8(15)6-12(16)19-10-4-2-9(3-5-10)7-11(14)13(17)18/h2-5,11H,6-7,14H2,1H3,(H,17,18)/t11-/m0/s1. The molecular formula is C13H15NO5. The number of carboxylic acid groups (broad SMARTS) is 1. The first-order valence-electron chi connectivity index (χ1n) is 5.66. The lowest BCUT2D eigenvalue weighted by atomic mass is 10.1. The highest BCUT2D eigenvalue weighted by Crippen LogP contribution is 2.14. The van der Waals surface area contributed by atoms with Crippen molar-refractivity contribution >= 4 is 17.7 Å². The molecule has 0 bridgehead atoms. The lowest BCUT2D eigenvalue weighted by Crippen LogP contribution is -2.32. The van der Waals surface area contributed by atoms with Crippen molar-refractivity contribution in [2.75, 3.05) is 0 Å². The van der Waals surface area contributed by atoms with Crippen LogP contribution >= 0.6 is 0 Å². The van der Waals surface area contributed by atoms with Crippen molar-refractivity contribution in [1.29, 1.82) is 0 Å². The van der Waals surface area contributed by atoms with Gasteiger partial charge in [0.05, 0.1) is 0 Å². The number of benzene rings is 1. The minimum absolute atomic E-state index is 0.191. The SMILES string of the molecule is CC(=O)CC(=O)Oc1ccc(C[C@H](N)C(=O)O)cc1. The number of carbonyl (C=O) groups excluding carboxylic acids is 2. The molecule has 0 spiro atoms. The quantitative estimate of drug-likeness (QED) is 0.441. The van der Waals surface area contributed by atoms with Crippen molar-refractivity contribution in [1.82, 2.24) is 0 Å². The van der Waals surface area contributed by atoms with Crippen LogP contribution in [0.25, 0.3) is 0 Å².